The number of halogens is 1. The van der Waals surface area contributed by atoms with Gasteiger partial charge in [0, 0.05) is 11.4 Å². The first-order chi connectivity index (χ1) is 10.0. The summed E-state index contributed by atoms with van der Waals surface area (Å²) in [5.41, 5.74) is 8.15. The molecule has 0 saturated carbocycles. The van der Waals surface area contributed by atoms with Crippen LogP contribution in [0.1, 0.15) is 22.8 Å². The summed E-state index contributed by atoms with van der Waals surface area (Å²) >= 11 is 6.03. The molecule has 2 aromatic rings. The number of nitrogens with two attached hydrogens (primary N) is 1. The first-order valence-electron chi connectivity index (χ1n) is 6.61. The van der Waals surface area contributed by atoms with Gasteiger partial charge < -0.3 is 15.8 Å². The van der Waals surface area contributed by atoms with Gasteiger partial charge in [-0.2, -0.15) is 0 Å². The zero-order chi connectivity index (χ0) is 15.4. The van der Waals surface area contributed by atoms with E-state index in [0.29, 0.717) is 28.6 Å². The van der Waals surface area contributed by atoms with Gasteiger partial charge in [-0.3, -0.25) is 4.79 Å². The van der Waals surface area contributed by atoms with Crippen molar-refractivity contribution in [2.75, 3.05) is 17.7 Å². The molecule has 1 amide bonds. The third-order valence-electron chi connectivity index (χ3n) is 2.99. The maximum Gasteiger partial charge on any atom is 0.257 e. The maximum absolute atomic E-state index is 12.3. The Morgan fingerprint density at radius 1 is 1.29 bits per heavy atom. The van der Waals surface area contributed by atoms with Crippen molar-refractivity contribution in [2.45, 2.75) is 13.8 Å². The Hall–Kier alpha value is -2.20. The Balaban J connectivity index is 2.21. The van der Waals surface area contributed by atoms with Crippen LogP contribution in [0.25, 0.3) is 0 Å². The lowest BCUT2D eigenvalue weighted by Crippen LogP contribution is -2.13. The molecule has 0 aliphatic heterocycles. The predicted molar refractivity (Wildman–Crippen MR) is 86.2 cm³/mol. The lowest BCUT2D eigenvalue weighted by atomic mass is 10.1. The second-order valence-electron chi connectivity index (χ2n) is 4.60. The summed E-state index contributed by atoms with van der Waals surface area (Å²) in [5.74, 6) is 0.481. The van der Waals surface area contributed by atoms with Gasteiger partial charge in [-0.05, 0) is 55.8 Å². The van der Waals surface area contributed by atoms with Gasteiger partial charge in [-0.15, -0.1) is 0 Å². The summed E-state index contributed by atoms with van der Waals surface area (Å²) < 4.78 is 5.42. The number of anilines is 2. The van der Waals surface area contributed by atoms with Gasteiger partial charge in [0.25, 0.3) is 5.91 Å². The smallest absolute Gasteiger partial charge is 0.257 e. The van der Waals surface area contributed by atoms with Crippen LogP contribution in [0.5, 0.6) is 5.75 Å². The summed E-state index contributed by atoms with van der Waals surface area (Å²) in [7, 11) is 0. The normalized spacial score (nSPS) is 10.2. The number of nitrogen functional groups attached to an aromatic ring is 1. The molecule has 4 nitrogen and oxygen atoms in total. The van der Waals surface area contributed by atoms with Gasteiger partial charge in [0.05, 0.1) is 17.2 Å². The molecule has 0 radical (unpaired) electrons. The van der Waals surface area contributed by atoms with Crippen molar-refractivity contribution in [2.24, 2.45) is 0 Å². The van der Waals surface area contributed by atoms with Crippen molar-refractivity contribution < 1.29 is 9.53 Å². The van der Waals surface area contributed by atoms with Crippen molar-refractivity contribution in [1.29, 1.82) is 0 Å². The van der Waals surface area contributed by atoms with Crippen LogP contribution in [0, 0.1) is 6.92 Å². The second kappa shape index (κ2) is 6.50. The van der Waals surface area contributed by atoms with E-state index in [1.807, 2.05) is 26.0 Å². The maximum atomic E-state index is 12.3. The van der Waals surface area contributed by atoms with Gasteiger partial charge in [0.1, 0.15) is 5.75 Å². The van der Waals surface area contributed by atoms with Gasteiger partial charge in [-0.25, -0.2) is 0 Å². The number of rotatable bonds is 4. The highest BCUT2D eigenvalue weighted by Crippen LogP contribution is 2.24. The fraction of sp³-hybridized carbons (Fsp3) is 0.188. The lowest BCUT2D eigenvalue weighted by Gasteiger charge is -2.11. The van der Waals surface area contributed by atoms with Gasteiger partial charge in [0.2, 0.25) is 0 Å². The van der Waals surface area contributed by atoms with Gasteiger partial charge in [-0.1, -0.05) is 11.6 Å². The van der Waals surface area contributed by atoms with Crippen molar-refractivity contribution in [3.63, 3.8) is 0 Å². The molecule has 0 unspecified atom stereocenters. The highest BCUT2D eigenvalue weighted by atomic mass is 35.5. The molecule has 2 aromatic carbocycles. The minimum Gasteiger partial charge on any atom is -0.494 e. The minimum atomic E-state index is -0.292. The number of nitrogens with one attached hydrogen (secondary N) is 1. The van der Waals surface area contributed by atoms with Crippen molar-refractivity contribution in [3.05, 3.63) is 52.5 Å². The Morgan fingerprint density at radius 3 is 2.71 bits per heavy atom. The zero-order valence-corrected chi connectivity index (χ0v) is 12.7. The molecule has 3 N–H and O–H groups in total. The first kappa shape index (κ1) is 15.2. The molecule has 0 atom stereocenters. The summed E-state index contributed by atoms with van der Waals surface area (Å²) in [6, 6.07) is 10.3. The van der Waals surface area contributed by atoms with E-state index >= 15 is 0 Å². The zero-order valence-electron chi connectivity index (χ0n) is 11.9. The molecule has 2 rings (SSSR count). The Morgan fingerprint density at radius 2 is 2.05 bits per heavy atom. The highest BCUT2D eigenvalue weighted by molar-refractivity contribution is 6.34. The van der Waals surface area contributed by atoms with Crippen LogP contribution in [-0.4, -0.2) is 12.5 Å². The quantitative estimate of drug-likeness (QED) is 0.842. The highest BCUT2D eigenvalue weighted by Gasteiger charge is 2.12. The molecule has 0 heterocycles. The lowest BCUT2D eigenvalue weighted by molar-refractivity contribution is 0.102. The largest absolute Gasteiger partial charge is 0.494 e. The number of benzene rings is 2. The third-order valence-corrected chi connectivity index (χ3v) is 3.32. The summed E-state index contributed by atoms with van der Waals surface area (Å²) in [6.45, 7) is 4.43. The number of ether oxygens (including phenoxy) is 1. The Labute approximate surface area is 128 Å². The van der Waals surface area contributed by atoms with E-state index in [1.165, 1.54) is 0 Å². The molecule has 0 bridgehead atoms. The average molecular weight is 305 g/mol. The van der Waals surface area contributed by atoms with Crippen LogP contribution in [0.15, 0.2) is 36.4 Å². The van der Waals surface area contributed by atoms with E-state index < -0.39 is 0 Å². The molecule has 0 aliphatic carbocycles. The van der Waals surface area contributed by atoms with Crippen LogP contribution >= 0.6 is 11.6 Å². The number of carbonyl (C=O) groups is 1. The van der Waals surface area contributed by atoms with E-state index in [2.05, 4.69) is 5.32 Å². The molecule has 0 fully saturated rings. The summed E-state index contributed by atoms with van der Waals surface area (Å²) in [6.07, 6.45) is 0. The van der Waals surface area contributed by atoms with Crippen LogP contribution < -0.4 is 15.8 Å². The van der Waals surface area contributed by atoms with Gasteiger partial charge in [0.15, 0.2) is 0 Å². The van der Waals surface area contributed by atoms with E-state index in [4.69, 9.17) is 22.1 Å². The van der Waals surface area contributed by atoms with Crippen LogP contribution in [0.4, 0.5) is 11.4 Å². The molecule has 0 aliphatic rings. The SMILES string of the molecule is CCOc1ccc(NC(=O)c2cc(N)ccc2Cl)c(C)c1. The Kier molecular flexibility index (Phi) is 4.70. The van der Waals surface area contributed by atoms with Crippen molar-refractivity contribution in [1.82, 2.24) is 0 Å². The predicted octanol–water partition coefficient (Wildman–Crippen LogP) is 3.88. The fourth-order valence-electron chi connectivity index (χ4n) is 1.94. The third kappa shape index (κ3) is 3.67. The first-order valence-corrected chi connectivity index (χ1v) is 6.99. The van der Waals surface area contributed by atoms with Crippen LogP contribution in [0.2, 0.25) is 5.02 Å². The topological polar surface area (TPSA) is 64.3 Å². The summed E-state index contributed by atoms with van der Waals surface area (Å²) in [5, 5.41) is 3.20. The number of carbonyl (C=O) groups excluding carboxylic acids is 1. The summed E-state index contributed by atoms with van der Waals surface area (Å²) in [4.78, 5) is 12.3. The van der Waals surface area contributed by atoms with Crippen molar-refractivity contribution >= 4 is 28.9 Å². The number of aryl methyl sites for hydroxylation is 1. The number of hydrogen-bond acceptors (Lipinski definition) is 3. The van der Waals surface area contributed by atoms with Crippen LogP contribution in [-0.2, 0) is 0 Å². The van der Waals surface area contributed by atoms with Crippen LogP contribution in [0.3, 0.4) is 0 Å². The molecular weight excluding hydrogens is 288 g/mol. The monoisotopic (exact) mass is 304 g/mol. The molecule has 0 aromatic heterocycles. The second-order valence-corrected chi connectivity index (χ2v) is 5.01. The number of amides is 1. The standard InChI is InChI=1S/C16H17ClN2O2/c1-3-21-12-5-7-15(10(2)8-12)19-16(20)13-9-11(18)4-6-14(13)17/h4-9H,3,18H2,1-2H3,(H,19,20). The van der Waals surface area contributed by atoms with Crippen molar-refractivity contribution in [3.8, 4) is 5.75 Å². The molecule has 21 heavy (non-hydrogen) atoms. The fourth-order valence-corrected chi connectivity index (χ4v) is 2.14. The minimum absolute atomic E-state index is 0.292. The molecular formula is C16H17ClN2O2. The average Bonchev–Trinajstić information content (AvgIpc) is 2.44. The molecule has 0 saturated heterocycles. The number of hydrogen-bond donors (Lipinski definition) is 2. The van der Waals surface area contributed by atoms with E-state index in [1.54, 1.807) is 24.3 Å². The molecule has 0 spiro atoms. The molecule has 5 heteroatoms. The van der Waals surface area contributed by atoms with E-state index in [0.717, 1.165) is 11.3 Å². The Bertz CT molecular complexity index is 671. The van der Waals surface area contributed by atoms with E-state index in [-0.39, 0.29) is 5.91 Å². The van der Waals surface area contributed by atoms with Gasteiger partial charge >= 0.3 is 0 Å². The van der Waals surface area contributed by atoms with E-state index in [9.17, 15) is 4.79 Å². The molecule has 110 valence electrons.